The van der Waals surface area contributed by atoms with Crippen molar-refractivity contribution in [2.75, 3.05) is 13.1 Å². The molecule has 0 bridgehead atoms. The highest BCUT2D eigenvalue weighted by Gasteiger charge is 2.06. The standard InChI is InChI=1S/C15H22N2O2/c1-4-14(18)16-9-10-17-15(19)13-7-5-12(6-8-13)11(2)3/h5-8,11H,4,9-10H2,1-3H3,(H,16,18)(H,17,19). The Kier molecular flexibility index (Phi) is 6.06. The maximum absolute atomic E-state index is 11.8. The minimum Gasteiger partial charge on any atom is -0.354 e. The van der Waals surface area contributed by atoms with Crippen molar-refractivity contribution in [1.29, 1.82) is 0 Å². The molecule has 0 atom stereocenters. The van der Waals surface area contributed by atoms with Gasteiger partial charge in [-0.15, -0.1) is 0 Å². The van der Waals surface area contributed by atoms with E-state index in [-0.39, 0.29) is 11.8 Å². The number of benzene rings is 1. The van der Waals surface area contributed by atoms with Crippen LogP contribution in [0.25, 0.3) is 0 Å². The van der Waals surface area contributed by atoms with E-state index in [2.05, 4.69) is 24.5 Å². The quantitative estimate of drug-likeness (QED) is 0.771. The molecule has 0 radical (unpaired) electrons. The monoisotopic (exact) mass is 262 g/mol. The molecule has 0 saturated carbocycles. The van der Waals surface area contributed by atoms with Crippen molar-refractivity contribution in [3.05, 3.63) is 35.4 Å². The SMILES string of the molecule is CCC(=O)NCCNC(=O)c1ccc(C(C)C)cc1. The van der Waals surface area contributed by atoms with Crippen molar-refractivity contribution >= 4 is 11.8 Å². The summed E-state index contributed by atoms with van der Waals surface area (Å²) in [6.45, 7) is 6.93. The maximum atomic E-state index is 11.8. The van der Waals surface area contributed by atoms with Crippen LogP contribution in [-0.4, -0.2) is 24.9 Å². The molecule has 0 spiro atoms. The first kappa shape index (κ1) is 15.2. The molecule has 0 aliphatic carbocycles. The molecule has 4 heteroatoms. The Balaban J connectivity index is 2.39. The number of hydrogen-bond donors (Lipinski definition) is 2. The number of nitrogens with one attached hydrogen (secondary N) is 2. The van der Waals surface area contributed by atoms with Crippen LogP contribution in [0.1, 0.15) is 49.0 Å². The lowest BCUT2D eigenvalue weighted by Gasteiger charge is -2.08. The third kappa shape index (κ3) is 5.12. The highest BCUT2D eigenvalue weighted by atomic mass is 16.2. The van der Waals surface area contributed by atoms with Gasteiger partial charge in [-0.25, -0.2) is 0 Å². The van der Waals surface area contributed by atoms with E-state index < -0.39 is 0 Å². The molecule has 0 aliphatic heterocycles. The van der Waals surface area contributed by atoms with Crippen LogP contribution in [-0.2, 0) is 4.79 Å². The molecular formula is C15H22N2O2. The minimum absolute atomic E-state index is 0.00413. The molecule has 2 N–H and O–H groups in total. The fourth-order valence-electron chi connectivity index (χ4n) is 1.62. The normalized spacial score (nSPS) is 10.3. The van der Waals surface area contributed by atoms with Gasteiger partial charge in [-0.05, 0) is 23.6 Å². The predicted octanol–water partition coefficient (Wildman–Crippen LogP) is 2.07. The second-order valence-corrected chi connectivity index (χ2v) is 4.74. The minimum atomic E-state index is -0.110. The third-order valence-corrected chi connectivity index (χ3v) is 2.89. The summed E-state index contributed by atoms with van der Waals surface area (Å²) in [5, 5.41) is 5.48. The Morgan fingerprint density at radius 3 is 2.16 bits per heavy atom. The second kappa shape index (κ2) is 7.56. The Hall–Kier alpha value is -1.84. The van der Waals surface area contributed by atoms with E-state index in [1.165, 1.54) is 5.56 Å². The van der Waals surface area contributed by atoms with Gasteiger partial charge in [-0.1, -0.05) is 32.9 Å². The van der Waals surface area contributed by atoms with Crippen LogP contribution in [0.2, 0.25) is 0 Å². The zero-order valence-electron chi connectivity index (χ0n) is 11.8. The number of carbonyl (C=O) groups excluding carboxylic acids is 2. The first-order valence-electron chi connectivity index (χ1n) is 6.69. The van der Waals surface area contributed by atoms with Gasteiger partial charge in [0.15, 0.2) is 0 Å². The largest absolute Gasteiger partial charge is 0.354 e. The Morgan fingerprint density at radius 2 is 1.63 bits per heavy atom. The van der Waals surface area contributed by atoms with E-state index in [0.29, 0.717) is 31.0 Å². The molecule has 0 saturated heterocycles. The summed E-state index contributed by atoms with van der Waals surface area (Å²) in [6.07, 6.45) is 0.463. The number of carbonyl (C=O) groups is 2. The Bertz CT molecular complexity index is 424. The zero-order chi connectivity index (χ0) is 14.3. The van der Waals surface area contributed by atoms with Crippen LogP contribution in [0.3, 0.4) is 0 Å². The van der Waals surface area contributed by atoms with Gasteiger partial charge < -0.3 is 10.6 Å². The fraction of sp³-hybridized carbons (Fsp3) is 0.467. The molecular weight excluding hydrogens is 240 g/mol. The molecule has 0 aliphatic rings. The number of amides is 2. The lowest BCUT2D eigenvalue weighted by Crippen LogP contribution is -2.34. The van der Waals surface area contributed by atoms with Crippen LogP contribution in [0.15, 0.2) is 24.3 Å². The average molecular weight is 262 g/mol. The molecule has 19 heavy (non-hydrogen) atoms. The first-order chi connectivity index (χ1) is 9.04. The summed E-state index contributed by atoms with van der Waals surface area (Å²) < 4.78 is 0. The van der Waals surface area contributed by atoms with Crippen molar-refractivity contribution < 1.29 is 9.59 Å². The van der Waals surface area contributed by atoms with E-state index >= 15 is 0 Å². The topological polar surface area (TPSA) is 58.2 Å². The number of hydrogen-bond acceptors (Lipinski definition) is 2. The van der Waals surface area contributed by atoms with E-state index in [1.54, 1.807) is 6.92 Å². The van der Waals surface area contributed by atoms with Gasteiger partial charge in [-0.3, -0.25) is 9.59 Å². The predicted molar refractivity (Wildman–Crippen MR) is 76.2 cm³/mol. The van der Waals surface area contributed by atoms with Gasteiger partial charge in [-0.2, -0.15) is 0 Å². The molecule has 1 rings (SSSR count). The van der Waals surface area contributed by atoms with Crippen LogP contribution >= 0.6 is 0 Å². The molecule has 4 nitrogen and oxygen atoms in total. The first-order valence-corrected chi connectivity index (χ1v) is 6.69. The maximum Gasteiger partial charge on any atom is 0.251 e. The summed E-state index contributed by atoms with van der Waals surface area (Å²) in [4.78, 5) is 22.8. The smallest absolute Gasteiger partial charge is 0.251 e. The van der Waals surface area contributed by atoms with Crippen LogP contribution < -0.4 is 10.6 Å². The van der Waals surface area contributed by atoms with E-state index in [4.69, 9.17) is 0 Å². The highest BCUT2D eigenvalue weighted by molar-refractivity contribution is 5.94. The van der Waals surface area contributed by atoms with Crippen LogP contribution in [0, 0.1) is 0 Å². The zero-order valence-corrected chi connectivity index (χ0v) is 11.8. The average Bonchev–Trinajstić information content (AvgIpc) is 2.43. The van der Waals surface area contributed by atoms with Crippen LogP contribution in [0.5, 0.6) is 0 Å². The van der Waals surface area contributed by atoms with Gasteiger partial charge in [0.05, 0.1) is 0 Å². The van der Waals surface area contributed by atoms with E-state index in [1.807, 2.05) is 24.3 Å². The second-order valence-electron chi connectivity index (χ2n) is 4.74. The lowest BCUT2D eigenvalue weighted by molar-refractivity contribution is -0.120. The molecule has 0 aromatic heterocycles. The van der Waals surface area contributed by atoms with E-state index in [0.717, 1.165) is 0 Å². The third-order valence-electron chi connectivity index (χ3n) is 2.89. The van der Waals surface area contributed by atoms with Crippen LogP contribution in [0.4, 0.5) is 0 Å². The summed E-state index contributed by atoms with van der Waals surface area (Å²) in [7, 11) is 0. The molecule has 0 unspecified atom stereocenters. The summed E-state index contributed by atoms with van der Waals surface area (Å²) in [5.41, 5.74) is 1.86. The summed E-state index contributed by atoms with van der Waals surface area (Å²) >= 11 is 0. The van der Waals surface area contributed by atoms with Gasteiger partial charge >= 0.3 is 0 Å². The molecule has 1 aromatic rings. The molecule has 1 aromatic carbocycles. The van der Waals surface area contributed by atoms with Crippen molar-refractivity contribution in [1.82, 2.24) is 10.6 Å². The lowest BCUT2D eigenvalue weighted by atomic mass is 10.0. The van der Waals surface area contributed by atoms with Gasteiger partial charge in [0.25, 0.3) is 5.91 Å². The molecule has 2 amide bonds. The van der Waals surface area contributed by atoms with Crippen molar-refractivity contribution in [3.63, 3.8) is 0 Å². The molecule has 104 valence electrons. The van der Waals surface area contributed by atoms with Crippen molar-refractivity contribution in [2.45, 2.75) is 33.1 Å². The summed E-state index contributed by atoms with van der Waals surface area (Å²) in [5.74, 6) is 0.345. The Morgan fingerprint density at radius 1 is 1.05 bits per heavy atom. The highest BCUT2D eigenvalue weighted by Crippen LogP contribution is 2.14. The van der Waals surface area contributed by atoms with Gasteiger partial charge in [0.2, 0.25) is 5.91 Å². The summed E-state index contributed by atoms with van der Waals surface area (Å²) in [6, 6.07) is 7.60. The molecule has 0 heterocycles. The number of rotatable bonds is 6. The van der Waals surface area contributed by atoms with Gasteiger partial charge in [0.1, 0.15) is 0 Å². The van der Waals surface area contributed by atoms with Crippen molar-refractivity contribution in [3.8, 4) is 0 Å². The van der Waals surface area contributed by atoms with E-state index in [9.17, 15) is 9.59 Å². The molecule has 0 fully saturated rings. The van der Waals surface area contributed by atoms with Crippen molar-refractivity contribution in [2.24, 2.45) is 0 Å². The fourth-order valence-corrected chi connectivity index (χ4v) is 1.62. The van der Waals surface area contributed by atoms with Gasteiger partial charge in [0, 0.05) is 25.1 Å². The Labute approximate surface area is 114 Å².